The molecule has 2 aliphatic heterocycles. The second-order valence-electron chi connectivity index (χ2n) is 6.81. The van der Waals surface area contributed by atoms with Crippen LogP contribution >= 0.6 is 0 Å². The number of rotatable bonds is 0. The van der Waals surface area contributed by atoms with Crippen molar-refractivity contribution in [1.29, 1.82) is 0 Å². The van der Waals surface area contributed by atoms with E-state index in [1.165, 1.54) is 6.54 Å². The number of carbonyl (C=O) groups excluding carboxylic acids is 1. The average Bonchev–Trinajstić information content (AvgIpc) is 2.52. The molecule has 0 spiro atoms. The van der Waals surface area contributed by atoms with Crippen LogP contribution in [0.15, 0.2) is 0 Å². The Labute approximate surface area is 110 Å². The van der Waals surface area contributed by atoms with Crippen LogP contribution in [0.4, 0.5) is 4.79 Å². The number of piperazine rings is 1. The summed E-state index contributed by atoms with van der Waals surface area (Å²) in [5.41, 5.74) is -0.408. The summed E-state index contributed by atoms with van der Waals surface area (Å²) in [6.07, 6.45) is 0.250. The first-order valence-electron chi connectivity index (χ1n) is 6.74. The predicted molar refractivity (Wildman–Crippen MR) is 70.1 cm³/mol. The Balaban J connectivity index is 2.00. The molecular weight excluding hydrogens is 230 g/mol. The molecule has 2 fully saturated rings. The highest BCUT2D eigenvalue weighted by Gasteiger charge is 2.47. The monoisotopic (exact) mass is 256 g/mol. The van der Waals surface area contributed by atoms with Crippen molar-refractivity contribution < 1.29 is 14.0 Å². The van der Waals surface area contributed by atoms with Gasteiger partial charge >= 0.3 is 6.09 Å². The minimum Gasteiger partial charge on any atom is -0.444 e. The number of nitrogens with zero attached hydrogens (tertiary/aromatic N) is 3. The second kappa shape index (κ2) is 4.38. The van der Waals surface area contributed by atoms with Gasteiger partial charge in [0.1, 0.15) is 5.60 Å². The molecule has 2 atom stereocenters. The van der Waals surface area contributed by atoms with Gasteiger partial charge in [-0.05, 0) is 27.8 Å². The molecule has 0 N–H and O–H groups in total. The largest absolute Gasteiger partial charge is 0.444 e. The Morgan fingerprint density at radius 3 is 2.50 bits per heavy atom. The van der Waals surface area contributed by atoms with Crippen molar-refractivity contribution in [3.05, 3.63) is 0 Å². The number of quaternary nitrogens is 1. The Kier molecular flexibility index (Phi) is 3.32. The molecule has 2 saturated heterocycles. The molecule has 0 aromatic carbocycles. The zero-order valence-electron chi connectivity index (χ0n) is 12.3. The fourth-order valence-corrected chi connectivity index (χ4v) is 2.89. The van der Waals surface area contributed by atoms with E-state index in [4.69, 9.17) is 4.74 Å². The third-order valence-electron chi connectivity index (χ3n) is 4.11. The maximum Gasteiger partial charge on any atom is 0.410 e. The highest BCUT2D eigenvalue weighted by atomic mass is 16.6. The molecule has 0 aromatic rings. The van der Waals surface area contributed by atoms with E-state index in [2.05, 4.69) is 19.0 Å². The minimum atomic E-state index is -0.408. The number of carbonyl (C=O) groups is 1. The summed E-state index contributed by atoms with van der Waals surface area (Å²) >= 11 is 0. The molecule has 5 nitrogen and oxygen atoms in total. The van der Waals surface area contributed by atoms with Crippen molar-refractivity contribution in [3.63, 3.8) is 0 Å². The van der Waals surface area contributed by atoms with Crippen LogP contribution < -0.4 is 0 Å². The number of ether oxygens (including phenoxy) is 1. The average molecular weight is 256 g/mol. The molecule has 5 heteroatoms. The van der Waals surface area contributed by atoms with Crippen molar-refractivity contribution in [3.8, 4) is 0 Å². The Morgan fingerprint density at radius 2 is 1.89 bits per heavy atom. The maximum atomic E-state index is 12.1. The third-order valence-corrected chi connectivity index (χ3v) is 4.11. The van der Waals surface area contributed by atoms with Gasteiger partial charge < -0.3 is 9.22 Å². The van der Waals surface area contributed by atoms with Crippen LogP contribution in [0, 0.1) is 0 Å². The normalized spacial score (nSPS) is 33.4. The number of hydrogen-bond donors (Lipinski definition) is 0. The van der Waals surface area contributed by atoms with Crippen molar-refractivity contribution in [1.82, 2.24) is 9.80 Å². The summed E-state index contributed by atoms with van der Waals surface area (Å²) in [6.45, 7) is 10.6. The van der Waals surface area contributed by atoms with Gasteiger partial charge in [-0.3, -0.25) is 9.80 Å². The fraction of sp³-hybridized carbons (Fsp3) is 0.923. The number of fused-ring (bicyclic) bond motifs is 1. The summed E-state index contributed by atoms with van der Waals surface area (Å²) in [6, 6.07) is 0. The summed E-state index contributed by atoms with van der Waals surface area (Å²) < 4.78 is 6.52. The number of hydrogen-bond acceptors (Lipinski definition) is 3. The van der Waals surface area contributed by atoms with Crippen LogP contribution in [0.2, 0.25) is 0 Å². The van der Waals surface area contributed by atoms with Crippen LogP contribution in [0.5, 0.6) is 0 Å². The molecule has 2 rings (SSSR count). The lowest BCUT2D eigenvalue weighted by atomic mass is 10.2. The predicted octanol–water partition coefficient (Wildman–Crippen LogP) is 0.955. The van der Waals surface area contributed by atoms with Gasteiger partial charge in [-0.1, -0.05) is 0 Å². The Hall–Kier alpha value is -0.810. The first-order chi connectivity index (χ1) is 8.21. The van der Waals surface area contributed by atoms with Crippen LogP contribution in [-0.4, -0.2) is 79.0 Å². The van der Waals surface area contributed by atoms with E-state index < -0.39 is 5.60 Å². The van der Waals surface area contributed by atoms with E-state index in [0.29, 0.717) is 6.17 Å². The molecule has 0 aromatic heterocycles. The van der Waals surface area contributed by atoms with Gasteiger partial charge in [-0.15, -0.1) is 0 Å². The van der Waals surface area contributed by atoms with Crippen molar-refractivity contribution in [2.45, 2.75) is 32.5 Å². The Bertz CT molecular complexity index is 340. The maximum absolute atomic E-state index is 12.1. The van der Waals surface area contributed by atoms with Gasteiger partial charge in [0.25, 0.3) is 0 Å². The van der Waals surface area contributed by atoms with Crippen LogP contribution in [0.25, 0.3) is 0 Å². The highest BCUT2D eigenvalue weighted by Crippen LogP contribution is 2.26. The molecule has 2 unspecified atom stereocenters. The molecule has 2 aliphatic rings. The Morgan fingerprint density at radius 1 is 1.28 bits per heavy atom. The van der Waals surface area contributed by atoms with Crippen LogP contribution in [0.3, 0.4) is 0 Å². The van der Waals surface area contributed by atoms with Gasteiger partial charge in [0.2, 0.25) is 0 Å². The molecule has 0 radical (unpaired) electrons. The molecule has 0 aliphatic carbocycles. The molecule has 0 saturated carbocycles. The summed E-state index contributed by atoms with van der Waals surface area (Å²) in [4.78, 5) is 16.3. The first kappa shape index (κ1) is 13.6. The van der Waals surface area contributed by atoms with Crippen molar-refractivity contribution >= 4 is 6.09 Å². The lowest BCUT2D eigenvalue weighted by molar-refractivity contribution is -0.930. The number of likely N-dealkylation sites (N-methyl/N-ethyl adjacent to an activating group) is 2. The quantitative estimate of drug-likeness (QED) is 0.605. The molecule has 1 amide bonds. The van der Waals surface area contributed by atoms with Crippen LogP contribution in [0.1, 0.15) is 20.8 Å². The number of amides is 1. The standard InChI is InChI=1S/C13H26N3O2/c1-13(2,3)18-12(17)15-7-9-16(5)8-6-14(4)11(16)10-15/h11H,6-10H2,1-5H3/q+1. The van der Waals surface area contributed by atoms with Crippen molar-refractivity contribution in [2.24, 2.45) is 0 Å². The topological polar surface area (TPSA) is 32.8 Å². The molecular formula is C13H26N3O2+. The van der Waals surface area contributed by atoms with Gasteiger partial charge in [0, 0.05) is 0 Å². The minimum absolute atomic E-state index is 0.172. The summed E-state index contributed by atoms with van der Waals surface area (Å²) in [7, 11) is 4.44. The van der Waals surface area contributed by atoms with E-state index >= 15 is 0 Å². The van der Waals surface area contributed by atoms with E-state index in [-0.39, 0.29) is 6.09 Å². The lowest BCUT2D eigenvalue weighted by Crippen LogP contribution is -2.64. The molecule has 18 heavy (non-hydrogen) atoms. The molecule has 0 bridgehead atoms. The van der Waals surface area contributed by atoms with Crippen LogP contribution in [-0.2, 0) is 4.74 Å². The van der Waals surface area contributed by atoms with Gasteiger partial charge in [-0.25, -0.2) is 4.79 Å². The fourth-order valence-electron chi connectivity index (χ4n) is 2.89. The second-order valence-corrected chi connectivity index (χ2v) is 6.81. The third kappa shape index (κ3) is 2.62. The van der Waals surface area contributed by atoms with Gasteiger partial charge in [0.15, 0.2) is 6.17 Å². The van der Waals surface area contributed by atoms with Crippen molar-refractivity contribution in [2.75, 3.05) is 46.8 Å². The van der Waals surface area contributed by atoms with Gasteiger partial charge in [-0.2, -0.15) is 0 Å². The van der Waals surface area contributed by atoms with Gasteiger partial charge in [0.05, 0.1) is 39.8 Å². The summed E-state index contributed by atoms with van der Waals surface area (Å²) in [5.74, 6) is 0. The molecule has 2 heterocycles. The SMILES string of the molecule is CN1CC[N+]2(C)CCN(C(=O)OC(C)(C)C)CC12. The zero-order valence-corrected chi connectivity index (χ0v) is 12.3. The smallest absolute Gasteiger partial charge is 0.410 e. The highest BCUT2D eigenvalue weighted by molar-refractivity contribution is 5.68. The van der Waals surface area contributed by atoms with E-state index in [1.807, 2.05) is 25.7 Å². The summed E-state index contributed by atoms with van der Waals surface area (Å²) in [5, 5.41) is 0. The molecule has 104 valence electrons. The first-order valence-corrected chi connectivity index (χ1v) is 6.74. The zero-order chi connectivity index (χ0) is 13.6. The van der Waals surface area contributed by atoms with E-state index in [1.54, 1.807) is 0 Å². The lowest BCUT2D eigenvalue weighted by Gasteiger charge is -2.44. The van der Waals surface area contributed by atoms with E-state index in [9.17, 15) is 4.79 Å². The van der Waals surface area contributed by atoms with E-state index in [0.717, 1.165) is 30.7 Å².